The third-order valence-corrected chi connectivity index (χ3v) is 6.77. The van der Waals surface area contributed by atoms with Crippen LogP contribution in [0.1, 0.15) is 70.4 Å². The summed E-state index contributed by atoms with van der Waals surface area (Å²) in [5.41, 5.74) is 14.1. The molecule has 186 valence electrons. The van der Waals surface area contributed by atoms with Gasteiger partial charge in [0.25, 0.3) is 0 Å². The maximum atomic E-state index is 5.94. The van der Waals surface area contributed by atoms with E-state index in [4.69, 9.17) is 10.7 Å². The lowest BCUT2D eigenvalue weighted by molar-refractivity contribution is 0.625. The van der Waals surface area contributed by atoms with Crippen molar-refractivity contribution >= 4 is 18.0 Å². The van der Waals surface area contributed by atoms with Crippen molar-refractivity contribution in [2.45, 2.75) is 66.2 Å². The average molecular weight is 470 g/mol. The molecule has 1 aliphatic heterocycles. The Morgan fingerprint density at radius 1 is 1.23 bits per heavy atom. The molecule has 35 heavy (non-hydrogen) atoms. The molecule has 3 nitrogen and oxygen atoms in total. The summed E-state index contributed by atoms with van der Waals surface area (Å²) in [7, 11) is 0. The predicted molar refractivity (Wildman–Crippen MR) is 154 cm³/mol. The Bertz CT molecular complexity index is 1060. The van der Waals surface area contributed by atoms with Gasteiger partial charge in [-0.1, -0.05) is 81.0 Å². The van der Waals surface area contributed by atoms with Gasteiger partial charge in [0.1, 0.15) is 0 Å². The number of benzene rings is 1. The van der Waals surface area contributed by atoms with Crippen LogP contribution in [0.4, 0.5) is 5.69 Å². The van der Waals surface area contributed by atoms with Crippen LogP contribution in [0.5, 0.6) is 0 Å². The number of nitrogens with zero attached hydrogens (tertiary/aromatic N) is 1. The van der Waals surface area contributed by atoms with E-state index in [1.54, 1.807) is 0 Å². The van der Waals surface area contributed by atoms with Crippen molar-refractivity contribution in [1.82, 2.24) is 5.32 Å². The van der Waals surface area contributed by atoms with Gasteiger partial charge < -0.3 is 11.1 Å². The second kappa shape index (κ2) is 13.7. The minimum Gasteiger partial charge on any atom is -0.399 e. The molecule has 0 aromatic heterocycles. The predicted octanol–water partition coefficient (Wildman–Crippen LogP) is 8.09. The number of anilines is 1. The maximum Gasteiger partial charge on any atom is 0.0656 e. The molecule has 0 saturated carbocycles. The Morgan fingerprint density at radius 3 is 2.83 bits per heavy atom. The lowest BCUT2D eigenvalue weighted by atomic mass is 9.94. The molecule has 0 saturated heterocycles. The minimum absolute atomic E-state index is 0.536. The normalized spacial score (nSPS) is 23.6. The van der Waals surface area contributed by atoms with Crippen LogP contribution >= 0.6 is 0 Å². The van der Waals surface area contributed by atoms with Crippen molar-refractivity contribution in [3.63, 3.8) is 0 Å². The molecule has 0 radical (unpaired) electrons. The van der Waals surface area contributed by atoms with Crippen LogP contribution in [0.15, 0.2) is 88.3 Å². The minimum atomic E-state index is 0.536. The third-order valence-electron chi connectivity index (χ3n) is 6.77. The molecule has 0 fully saturated rings. The lowest BCUT2D eigenvalue weighted by Gasteiger charge is -2.21. The molecule has 0 spiro atoms. The first-order valence-electron chi connectivity index (χ1n) is 13.2. The zero-order valence-corrected chi connectivity index (χ0v) is 22.1. The summed E-state index contributed by atoms with van der Waals surface area (Å²) in [5.74, 6) is 1.12. The van der Waals surface area contributed by atoms with Crippen LogP contribution in [-0.4, -0.2) is 12.8 Å². The van der Waals surface area contributed by atoms with Crippen molar-refractivity contribution in [3.05, 3.63) is 94.4 Å². The third kappa shape index (κ3) is 8.58. The van der Waals surface area contributed by atoms with Gasteiger partial charge in [-0.2, -0.15) is 0 Å². The van der Waals surface area contributed by atoms with E-state index in [2.05, 4.69) is 100.0 Å². The number of hydrogen-bond donors (Lipinski definition) is 2. The zero-order chi connectivity index (χ0) is 25.0. The molecule has 1 aromatic rings. The maximum absolute atomic E-state index is 5.94. The number of aryl methyl sites for hydroxylation is 1. The summed E-state index contributed by atoms with van der Waals surface area (Å²) in [6, 6.07) is 6.19. The van der Waals surface area contributed by atoms with Crippen molar-refractivity contribution in [2.75, 3.05) is 12.3 Å². The Hall–Kier alpha value is -3.07. The smallest absolute Gasteiger partial charge is 0.0656 e. The first kappa shape index (κ1) is 26.5. The highest BCUT2D eigenvalue weighted by Crippen LogP contribution is 2.23. The summed E-state index contributed by atoms with van der Waals surface area (Å²) >= 11 is 0. The van der Waals surface area contributed by atoms with Gasteiger partial charge in [0.05, 0.1) is 6.54 Å². The Labute approximate surface area is 213 Å². The Kier molecular flexibility index (Phi) is 10.4. The quantitative estimate of drug-likeness (QED) is 0.359. The number of nitrogens with one attached hydrogen (secondary N) is 1. The number of allylic oxidation sites excluding steroid dienone is 9. The standard InChI is InChI=1S/C32H43N3/c1-5-11-24(2)20-32-30(18-16-27-12-7-6-8-13-27)23-34-22-29(26(4)35-32)15-10-9-14-28-17-19-31(33)25(3)21-28/h6-9,12,14,17-22,24,27,35H,5,10-11,13,15-16,23,33H2,1-4H3/b14-9+,29-26+,30-18-,32-20+,34-22?. The van der Waals surface area contributed by atoms with E-state index in [0.29, 0.717) is 11.8 Å². The highest BCUT2D eigenvalue weighted by atomic mass is 14.9. The topological polar surface area (TPSA) is 50.4 Å². The van der Waals surface area contributed by atoms with Crippen LogP contribution in [0, 0.1) is 18.8 Å². The highest BCUT2D eigenvalue weighted by molar-refractivity contribution is 5.80. The number of nitrogens with two attached hydrogens (primary N) is 1. The summed E-state index contributed by atoms with van der Waals surface area (Å²) in [4.78, 5) is 4.87. The van der Waals surface area contributed by atoms with E-state index in [0.717, 1.165) is 43.5 Å². The van der Waals surface area contributed by atoms with Gasteiger partial charge in [-0.25, -0.2) is 0 Å². The molecule has 1 heterocycles. The van der Waals surface area contributed by atoms with Gasteiger partial charge in [-0.3, -0.25) is 4.99 Å². The van der Waals surface area contributed by atoms with Crippen molar-refractivity contribution in [2.24, 2.45) is 16.8 Å². The number of nitrogen functional groups attached to an aromatic ring is 1. The molecule has 2 unspecified atom stereocenters. The summed E-state index contributed by atoms with van der Waals surface area (Å²) in [6.07, 6.45) is 26.7. The summed E-state index contributed by atoms with van der Waals surface area (Å²) in [6.45, 7) is 9.53. The van der Waals surface area contributed by atoms with Crippen molar-refractivity contribution < 1.29 is 0 Å². The van der Waals surface area contributed by atoms with E-state index < -0.39 is 0 Å². The first-order chi connectivity index (χ1) is 17.0. The monoisotopic (exact) mass is 469 g/mol. The van der Waals surface area contributed by atoms with Crippen LogP contribution in [0.25, 0.3) is 6.08 Å². The molecule has 0 amide bonds. The number of rotatable bonds is 9. The SMILES string of the molecule is CCCC(C)/C=C1/N/C(C)=C(\CC/C=C/c2ccc(N)c(C)c2)C=NC/C1=C/CC1C=CC=CC1. The summed E-state index contributed by atoms with van der Waals surface area (Å²) < 4.78 is 0. The lowest BCUT2D eigenvalue weighted by Crippen LogP contribution is -2.19. The number of aliphatic imine (C=N–C) groups is 1. The molecule has 2 atom stereocenters. The fraction of sp³-hybridized carbons (Fsp3) is 0.406. The molecule has 3 N–H and O–H groups in total. The van der Waals surface area contributed by atoms with Gasteiger partial charge in [0.2, 0.25) is 0 Å². The van der Waals surface area contributed by atoms with Crippen molar-refractivity contribution in [1.29, 1.82) is 0 Å². The van der Waals surface area contributed by atoms with E-state index in [9.17, 15) is 0 Å². The van der Waals surface area contributed by atoms with E-state index in [1.807, 2.05) is 6.07 Å². The zero-order valence-electron chi connectivity index (χ0n) is 22.1. The first-order valence-corrected chi connectivity index (χ1v) is 13.2. The van der Waals surface area contributed by atoms with E-state index in [-0.39, 0.29) is 0 Å². The molecule has 1 aromatic carbocycles. The molecule has 3 heteroatoms. The molecular weight excluding hydrogens is 426 g/mol. The van der Waals surface area contributed by atoms with Crippen LogP contribution in [0.2, 0.25) is 0 Å². The molecular formula is C32H43N3. The van der Waals surface area contributed by atoms with E-state index in [1.165, 1.54) is 40.9 Å². The average Bonchev–Trinajstić information content (AvgIpc) is 2.84. The molecule has 1 aliphatic carbocycles. The van der Waals surface area contributed by atoms with Gasteiger partial charge in [-0.05, 0) is 86.1 Å². The van der Waals surface area contributed by atoms with E-state index >= 15 is 0 Å². The molecule has 0 bridgehead atoms. The van der Waals surface area contributed by atoms with Gasteiger partial charge in [0, 0.05) is 23.3 Å². The van der Waals surface area contributed by atoms with Crippen molar-refractivity contribution in [3.8, 4) is 0 Å². The second-order valence-corrected chi connectivity index (χ2v) is 9.92. The Morgan fingerprint density at radius 2 is 2.09 bits per heavy atom. The molecule has 3 rings (SSSR count). The van der Waals surface area contributed by atoms with Gasteiger partial charge in [0.15, 0.2) is 0 Å². The van der Waals surface area contributed by atoms with Crippen LogP contribution < -0.4 is 11.1 Å². The Balaban J connectivity index is 1.71. The van der Waals surface area contributed by atoms with Gasteiger partial charge >= 0.3 is 0 Å². The van der Waals surface area contributed by atoms with Crippen LogP contribution in [-0.2, 0) is 0 Å². The van der Waals surface area contributed by atoms with Gasteiger partial charge in [-0.15, -0.1) is 0 Å². The fourth-order valence-corrected chi connectivity index (χ4v) is 4.56. The largest absolute Gasteiger partial charge is 0.399 e. The molecule has 2 aliphatic rings. The fourth-order valence-electron chi connectivity index (χ4n) is 4.56. The second-order valence-electron chi connectivity index (χ2n) is 9.92. The van der Waals surface area contributed by atoms with Crippen LogP contribution in [0.3, 0.4) is 0 Å². The number of hydrogen-bond acceptors (Lipinski definition) is 3. The summed E-state index contributed by atoms with van der Waals surface area (Å²) in [5, 5.41) is 3.78. The highest BCUT2D eigenvalue weighted by Gasteiger charge is 2.13.